The second-order valence-corrected chi connectivity index (χ2v) is 5.00. The van der Waals surface area contributed by atoms with Crippen LogP contribution in [0.15, 0.2) is 24.3 Å². The maximum Gasteiger partial charge on any atom is 0.254 e. The molecule has 1 aromatic rings. The quantitative estimate of drug-likeness (QED) is 0.853. The Labute approximate surface area is 110 Å². The Hall–Kier alpha value is -1.03. The molecule has 1 fully saturated rings. The third-order valence-corrected chi connectivity index (χ3v) is 3.93. The van der Waals surface area contributed by atoms with Gasteiger partial charge in [0.1, 0.15) is 5.75 Å². The Morgan fingerprint density at radius 3 is 2.71 bits per heavy atom. The topological polar surface area (TPSA) is 40.5 Å². The van der Waals surface area contributed by atoms with Crippen LogP contribution in [0.3, 0.4) is 0 Å². The number of hydrogen-bond donors (Lipinski definition) is 1. The molecular weight excluding hydrogens is 282 g/mol. The number of nitrogens with zero attached hydrogens (tertiary/aromatic N) is 1. The molecule has 1 atom stereocenters. The van der Waals surface area contributed by atoms with Crippen molar-refractivity contribution in [3.63, 3.8) is 0 Å². The number of carbonyl (C=O) groups is 1. The van der Waals surface area contributed by atoms with Crippen LogP contribution in [0.4, 0.5) is 0 Å². The summed E-state index contributed by atoms with van der Waals surface area (Å²) in [6, 6.07) is 6.76. The molecule has 3 nitrogen and oxygen atoms in total. The number of carbonyl (C=O) groups excluding carboxylic acids is 1. The zero-order valence-electron chi connectivity index (χ0n) is 9.60. The molecule has 1 N–H and O–H groups in total. The number of piperidine rings is 1. The van der Waals surface area contributed by atoms with Crippen molar-refractivity contribution in [2.24, 2.45) is 0 Å². The Kier molecular flexibility index (Phi) is 4.05. The average Bonchev–Trinajstić information content (AvgIpc) is 2.39. The second kappa shape index (κ2) is 5.54. The van der Waals surface area contributed by atoms with Gasteiger partial charge in [0.05, 0.1) is 0 Å². The van der Waals surface area contributed by atoms with Gasteiger partial charge in [-0.05, 0) is 43.5 Å². The fourth-order valence-electron chi connectivity index (χ4n) is 2.20. The molecule has 92 valence electrons. The van der Waals surface area contributed by atoms with Crippen molar-refractivity contribution in [1.29, 1.82) is 0 Å². The molecule has 2 rings (SSSR count). The normalized spacial score (nSPS) is 20.3. The van der Waals surface area contributed by atoms with Crippen molar-refractivity contribution < 1.29 is 9.90 Å². The summed E-state index contributed by atoms with van der Waals surface area (Å²) in [5, 5.41) is 10.0. The zero-order chi connectivity index (χ0) is 12.3. The van der Waals surface area contributed by atoms with Crippen molar-refractivity contribution in [3.8, 4) is 5.75 Å². The number of phenolic OH excluding ortho intramolecular Hbond substituents is 1. The summed E-state index contributed by atoms with van der Waals surface area (Å²) in [4.78, 5) is 14.2. The summed E-state index contributed by atoms with van der Waals surface area (Å²) < 4.78 is 0. The van der Waals surface area contributed by atoms with E-state index in [0.717, 1.165) is 24.7 Å². The predicted octanol–water partition coefficient (Wildman–Crippen LogP) is 2.78. The van der Waals surface area contributed by atoms with Gasteiger partial charge in [0.2, 0.25) is 0 Å². The van der Waals surface area contributed by atoms with Gasteiger partial charge in [0, 0.05) is 23.5 Å². The van der Waals surface area contributed by atoms with E-state index in [2.05, 4.69) is 15.9 Å². The average molecular weight is 298 g/mol. The van der Waals surface area contributed by atoms with E-state index >= 15 is 0 Å². The van der Waals surface area contributed by atoms with Crippen LogP contribution in [0.2, 0.25) is 0 Å². The van der Waals surface area contributed by atoms with Crippen LogP contribution in [0.25, 0.3) is 0 Å². The van der Waals surface area contributed by atoms with E-state index in [1.54, 1.807) is 24.3 Å². The molecular formula is C13H16BrNO2. The SMILES string of the molecule is O=C(c1ccc(O)cc1)N1CCCCC1CBr. The highest BCUT2D eigenvalue weighted by atomic mass is 79.9. The summed E-state index contributed by atoms with van der Waals surface area (Å²) >= 11 is 3.47. The van der Waals surface area contributed by atoms with Crippen molar-refractivity contribution in [2.45, 2.75) is 25.3 Å². The standard InChI is InChI=1S/C13H16BrNO2/c14-9-11-3-1-2-8-15(11)13(17)10-4-6-12(16)7-5-10/h4-7,11,16H,1-3,8-9H2. The van der Waals surface area contributed by atoms with E-state index in [-0.39, 0.29) is 11.7 Å². The maximum absolute atomic E-state index is 12.3. The third-order valence-electron chi connectivity index (χ3n) is 3.18. The van der Waals surface area contributed by atoms with E-state index in [9.17, 15) is 9.90 Å². The molecule has 1 amide bonds. The van der Waals surface area contributed by atoms with Gasteiger partial charge in [-0.15, -0.1) is 0 Å². The van der Waals surface area contributed by atoms with Crippen LogP contribution in [-0.2, 0) is 0 Å². The van der Waals surface area contributed by atoms with Gasteiger partial charge < -0.3 is 10.0 Å². The van der Waals surface area contributed by atoms with Crippen molar-refractivity contribution >= 4 is 21.8 Å². The number of hydrogen-bond acceptors (Lipinski definition) is 2. The van der Waals surface area contributed by atoms with E-state index < -0.39 is 0 Å². The van der Waals surface area contributed by atoms with Gasteiger partial charge in [-0.1, -0.05) is 15.9 Å². The minimum absolute atomic E-state index is 0.0640. The highest BCUT2D eigenvalue weighted by Gasteiger charge is 2.26. The number of likely N-dealkylation sites (tertiary alicyclic amines) is 1. The lowest BCUT2D eigenvalue weighted by molar-refractivity contribution is 0.0642. The summed E-state index contributed by atoms with van der Waals surface area (Å²) in [7, 11) is 0. The number of rotatable bonds is 2. The summed E-state index contributed by atoms with van der Waals surface area (Å²) in [5.74, 6) is 0.256. The second-order valence-electron chi connectivity index (χ2n) is 4.35. The molecule has 0 bridgehead atoms. The molecule has 1 aromatic carbocycles. The van der Waals surface area contributed by atoms with Crippen LogP contribution < -0.4 is 0 Å². The first-order valence-corrected chi connectivity index (χ1v) is 7.00. The highest BCUT2D eigenvalue weighted by molar-refractivity contribution is 9.09. The number of halogens is 1. The monoisotopic (exact) mass is 297 g/mol. The predicted molar refractivity (Wildman–Crippen MR) is 70.6 cm³/mol. The molecule has 0 aromatic heterocycles. The Morgan fingerprint density at radius 1 is 1.35 bits per heavy atom. The van der Waals surface area contributed by atoms with Crippen molar-refractivity contribution in [2.75, 3.05) is 11.9 Å². The van der Waals surface area contributed by atoms with Crippen LogP contribution in [0, 0.1) is 0 Å². The molecule has 4 heteroatoms. The number of aromatic hydroxyl groups is 1. The summed E-state index contributed by atoms with van der Waals surface area (Å²) in [5.41, 5.74) is 0.649. The first kappa shape index (κ1) is 12.4. The zero-order valence-corrected chi connectivity index (χ0v) is 11.2. The first-order chi connectivity index (χ1) is 8.22. The van der Waals surface area contributed by atoms with Crippen LogP contribution >= 0.6 is 15.9 Å². The van der Waals surface area contributed by atoms with Gasteiger partial charge in [0.15, 0.2) is 0 Å². The molecule has 0 radical (unpaired) electrons. The van der Waals surface area contributed by atoms with Crippen LogP contribution in [0.1, 0.15) is 29.6 Å². The van der Waals surface area contributed by atoms with Gasteiger partial charge in [-0.25, -0.2) is 0 Å². The Morgan fingerprint density at radius 2 is 2.06 bits per heavy atom. The number of phenols is 1. The third kappa shape index (κ3) is 2.80. The molecule has 17 heavy (non-hydrogen) atoms. The van der Waals surface area contributed by atoms with Gasteiger partial charge >= 0.3 is 0 Å². The molecule has 1 heterocycles. The lowest BCUT2D eigenvalue weighted by atomic mass is 10.0. The van der Waals surface area contributed by atoms with Gasteiger partial charge in [-0.2, -0.15) is 0 Å². The van der Waals surface area contributed by atoms with E-state index in [4.69, 9.17) is 0 Å². The molecule has 1 saturated heterocycles. The molecule has 0 spiro atoms. The fraction of sp³-hybridized carbons (Fsp3) is 0.462. The molecule has 1 aliphatic rings. The van der Waals surface area contributed by atoms with E-state index in [0.29, 0.717) is 11.6 Å². The minimum Gasteiger partial charge on any atom is -0.508 e. The molecule has 0 aliphatic carbocycles. The Balaban J connectivity index is 2.15. The van der Waals surface area contributed by atoms with Crippen molar-refractivity contribution in [1.82, 2.24) is 4.90 Å². The number of amides is 1. The molecule has 1 unspecified atom stereocenters. The summed E-state index contributed by atoms with van der Waals surface area (Å²) in [6.45, 7) is 0.829. The molecule has 0 saturated carbocycles. The maximum atomic E-state index is 12.3. The van der Waals surface area contributed by atoms with Crippen LogP contribution in [0.5, 0.6) is 5.75 Å². The lowest BCUT2D eigenvalue weighted by Crippen LogP contribution is -2.44. The highest BCUT2D eigenvalue weighted by Crippen LogP contribution is 2.21. The number of alkyl halides is 1. The minimum atomic E-state index is 0.0640. The fourth-order valence-corrected chi connectivity index (χ4v) is 2.87. The van der Waals surface area contributed by atoms with E-state index in [1.807, 2.05) is 4.90 Å². The first-order valence-electron chi connectivity index (χ1n) is 5.88. The Bertz CT molecular complexity index is 391. The smallest absolute Gasteiger partial charge is 0.254 e. The van der Waals surface area contributed by atoms with E-state index in [1.165, 1.54) is 6.42 Å². The summed E-state index contributed by atoms with van der Waals surface area (Å²) in [6.07, 6.45) is 3.33. The van der Waals surface area contributed by atoms with Crippen LogP contribution in [-0.4, -0.2) is 33.8 Å². The number of benzene rings is 1. The largest absolute Gasteiger partial charge is 0.508 e. The van der Waals surface area contributed by atoms with Crippen molar-refractivity contribution in [3.05, 3.63) is 29.8 Å². The lowest BCUT2D eigenvalue weighted by Gasteiger charge is -2.34. The van der Waals surface area contributed by atoms with Gasteiger partial charge in [-0.3, -0.25) is 4.79 Å². The molecule has 1 aliphatic heterocycles. The van der Waals surface area contributed by atoms with Gasteiger partial charge in [0.25, 0.3) is 5.91 Å².